The normalized spacial score (nSPS) is 17.5. The number of hydrogen-bond donors (Lipinski definition) is 1. The Kier molecular flexibility index (Phi) is 4.12. The van der Waals surface area contributed by atoms with Crippen LogP contribution in [0.3, 0.4) is 0 Å². The van der Waals surface area contributed by atoms with Crippen LogP contribution in [-0.2, 0) is 21.2 Å². The molecule has 8 heteroatoms. The van der Waals surface area contributed by atoms with Gasteiger partial charge in [-0.15, -0.1) is 0 Å². The van der Waals surface area contributed by atoms with Crippen molar-refractivity contribution >= 4 is 15.7 Å². The van der Waals surface area contributed by atoms with Gasteiger partial charge in [0, 0.05) is 12.1 Å². The fourth-order valence-electron chi connectivity index (χ4n) is 2.45. The zero-order chi connectivity index (χ0) is 16.4. The summed E-state index contributed by atoms with van der Waals surface area (Å²) in [7, 11) is -3.84. The number of hydrogen-bond acceptors (Lipinski definition) is 5. The van der Waals surface area contributed by atoms with Gasteiger partial charge in [-0.3, -0.25) is 10.1 Å². The molecule has 0 spiro atoms. The van der Waals surface area contributed by atoms with Crippen molar-refractivity contribution in [2.75, 3.05) is 6.61 Å². The Bertz CT molecular complexity index is 833. The molecular weight excluding hydrogens is 320 g/mol. The van der Waals surface area contributed by atoms with Crippen molar-refractivity contribution in [1.29, 1.82) is 0 Å². The molecule has 1 N–H and O–H groups in total. The van der Waals surface area contributed by atoms with Crippen LogP contribution in [0, 0.1) is 10.1 Å². The van der Waals surface area contributed by atoms with Crippen LogP contribution in [0.2, 0.25) is 0 Å². The SMILES string of the molecule is O=[N+]([O-])c1ccc(S(=O)(=O)NC2OCCc3ccccc32)cc1. The summed E-state index contributed by atoms with van der Waals surface area (Å²) >= 11 is 0. The van der Waals surface area contributed by atoms with Crippen molar-refractivity contribution in [2.45, 2.75) is 17.5 Å². The highest BCUT2D eigenvalue weighted by Crippen LogP contribution is 2.26. The van der Waals surface area contributed by atoms with Crippen LogP contribution < -0.4 is 4.72 Å². The highest BCUT2D eigenvalue weighted by Gasteiger charge is 2.26. The highest BCUT2D eigenvalue weighted by atomic mass is 32.2. The van der Waals surface area contributed by atoms with Crippen molar-refractivity contribution in [2.24, 2.45) is 0 Å². The van der Waals surface area contributed by atoms with Gasteiger partial charge in [-0.25, -0.2) is 8.42 Å². The third-order valence-corrected chi connectivity index (χ3v) is 5.03. The lowest BCUT2D eigenvalue weighted by atomic mass is 10.0. The largest absolute Gasteiger partial charge is 0.358 e. The topological polar surface area (TPSA) is 98.5 Å². The number of nitrogens with one attached hydrogen (secondary N) is 1. The number of nitrogens with zero attached hydrogens (tertiary/aromatic N) is 1. The predicted molar refractivity (Wildman–Crippen MR) is 82.3 cm³/mol. The second-order valence-electron chi connectivity index (χ2n) is 5.07. The van der Waals surface area contributed by atoms with Crippen molar-refractivity contribution in [3.05, 3.63) is 69.8 Å². The zero-order valence-corrected chi connectivity index (χ0v) is 12.8. The Morgan fingerprint density at radius 1 is 1.13 bits per heavy atom. The van der Waals surface area contributed by atoms with Crippen LogP contribution in [0.15, 0.2) is 53.4 Å². The summed E-state index contributed by atoms with van der Waals surface area (Å²) < 4.78 is 32.9. The van der Waals surface area contributed by atoms with E-state index < -0.39 is 21.2 Å². The predicted octanol–water partition coefficient (Wildman–Crippen LogP) is 2.14. The minimum atomic E-state index is -3.84. The van der Waals surface area contributed by atoms with Crippen LogP contribution in [0.5, 0.6) is 0 Å². The van der Waals surface area contributed by atoms with E-state index in [0.717, 1.165) is 29.7 Å². The number of sulfonamides is 1. The molecule has 0 saturated carbocycles. The summed E-state index contributed by atoms with van der Waals surface area (Å²) in [5, 5.41) is 10.6. The summed E-state index contributed by atoms with van der Waals surface area (Å²) in [4.78, 5) is 10.0. The van der Waals surface area contributed by atoms with Crippen molar-refractivity contribution in [1.82, 2.24) is 4.72 Å². The van der Waals surface area contributed by atoms with Gasteiger partial charge in [-0.05, 0) is 29.7 Å². The van der Waals surface area contributed by atoms with E-state index in [1.807, 2.05) is 24.3 Å². The molecule has 0 bridgehead atoms. The van der Waals surface area contributed by atoms with E-state index in [1.54, 1.807) is 0 Å². The molecule has 0 saturated heterocycles. The summed E-state index contributed by atoms with van der Waals surface area (Å²) in [5.74, 6) is 0. The molecule has 7 nitrogen and oxygen atoms in total. The van der Waals surface area contributed by atoms with E-state index in [1.165, 1.54) is 12.1 Å². The Morgan fingerprint density at radius 2 is 1.83 bits per heavy atom. The van der Waals surface area contributed by atoms with Crippen LogP contribution >= 0.6 is 0 Å². The Balaban J connectivity index is 1.86. The Morgan fingerprint density at radius 3 is 2.52 bits per heavy atom. The third-order valence-electron chi connectivity index (χ3n) is 3.61. The van der Waals surface area contributed by atoms with Crippen molar-refractivity contribution in [3.8, 4) is 0 Å². The first-order valence-corrected chi connectivity index (χ1v) is 8.42. The highest BCUT2D eigenvalue weighted by molar-refractivity contribution is 7.89. The van der Waals surface area contributed by atoms with Crippen LogP contribution in [0.25, 0.3) is 0 Å². The molecule has 0 aromatic heterocycles. The number of non-ortho nitro benzene ring substituents is 1. The molecule has 23 heavy (non-hydrogen) atoms. The lowest BCUT2D eigenvalue weighted by molar-refractivity contribution is -0.384. The van der Waals surface area contributed by atoms with Gasteiger partial charge in [0.15, 0.2) is 0 Å². The zero-order valence-electron chi connectivity index (χ0n) is 12.0. The number of ether oxygens (including phenoxy) is 1. The fourth-order valence-corrected chi connectivity index (χ4v) is 3.55. The van der Waals surface area contributed by atoms with E-state index in [0.29, 0.717) is 6.61 Å². The van der Waals surface area contributed by atoms with E-state index in [-0.39, 0.29) is 10.6 Å². The molecule has 1 heterocycles. The second-order valence-corrected chi connectivity index (χ2v) is 6.79. The molecule has 1 aliphatic rings. The Hall–Kier alpha value is -2.29. The molecule has 1 unspecified atom stereocenters. The monoisotopic (exact) mass is 334 g/mol. The van der Waals surface area contributed by atoms with Gasteiger partial charge in [0.1, 0.15) is 6.23 Å². The molecule has 2 aromatic carbocycles. The quantitative estimate of drug-likeness (QED) is 0.682. The molecule has 1 aliphatic heterocycles. The molecule has 2 aromatic rings. The minimum absolute atomic E-state index is 0.0465. The van der Waals surface area contributed by atoms with Gasteiger partial charge in [-0.1, -0.05) is 24.3 Å². The molecule has 120 valence electrons. The smallest absolute Gasteiger partial charge is 0.269 e. The Labute approximate surface area is 133 Å². The summed E-state index contributed by atoms with van der Waals surface area (Å²) in [6.45, 7) is 0.421. The van der Waals surface area contributed by atoms with Crippen molar-refractivity contribution < 1.29 is 18.1 Å². The standard InChI is InChI=1S/C15H14N2O5S/c18-17(19)12-5-7-13(8-6-12)23(20,21)16-15-14-4-2-1-3-11(14)9-10-22-15/h1-8,15-16H,9-10H2. The molecule has 0 amide bonds. The maximum atomic E-state index is 12.4. The molecular formula is C15H14N2O5S. The number of rotatable bonds is 4. The van der Waals surface area contributed by atoms with Crippen molar-refractivity contribution in [3.63, 3.8) is 0 Å². The molecule has 0 radical (unpaired) electrons. The van der Waals surface area contributed by atoms with E-state index >= 15 is 0 Å². The third kappa shape index (κ3) is 3.24. The number of nitro benzene ring substituents is 1. The summed E-state index contributed by atoms with van der Waals surface area (Å²) in [5.41, 5.74) is 1.66. The average Bonchev–Trinajstić information content (AvgIpc) is 2.55. The number of nitro groups is 1. The molecule has 1 atom stereocenters. The molecule has 0 fully saturated rings. The van der Waals surface area contributed by atoms with Gasteiger partial charge >= 0.3 is 0 Å². The van der Waals surface area contributed by atoms with Crippen LogP contribution in [-0.4, -0.2) is 19.9 Å². The minimum Gasteiger partial charge on any atom is -0.358 e. The fraction of sp³-hybridized carbons (Fsp3) is 0.200. The van der Waals surface area contributed by atoms with E-state index in [2.05, 4.69) is 4.72 Å². The molecule has 3 rings (SSSR count). The van der Waals surface area contributed by atoms with E-state index in [4.69, 9.17) is 4.74 Å². The second kappa shape index (κ2) is 6.07. The molecule has 0 aliphatic carbocycles. The van der Waals surface area contributed by atoms with Gasteiger partial charge < -0.3 is 4.74 Å². The lowest BCUT2D eigenvalue weighted by Crippen LogP contribution is -2.33. The maximum absolute atomic E-state index is 12.4. The lowest BCUT2D eigenvalue weighted by Gasteiger charge is -2.26. The van der Waals surface area contributed by atoms with Crippen LogP contribution in [0.4, 0.5) is 5.69 Å². The van der Waals surface area contributed by atoms with Gasteiger partial charge in [0.25, 0.3) is 5.69 Å². The van der Waals surface area contributed by atoms with Gasteiger partial charge in [-0.2, -0.15) is 4.72 Å². The van der Waals surface area contributed by atoms with Crippen LogP contribution in [0.1, 0.15) is 17.4 Å². The van der Waals surface area contributed by atoms with Gasteiger partial charge in [0.05, 0.1) is 16.4 Å². The van der Waals surface area contributed by atoms with E-state index in [9.17, 15) is 18.5 Å². The number of benzene rings is 2. The average molecular weight is 334 g/mol. The maximum Gasteiger partial charge on any atom is 0.269 e. The van der Waals surface area contributed by atoms with Gasteiger partial charge in [0.2, 0.25) is 10.0 Å². The summed E-state index contributed by atoms with van der Waals surface area (Å²) in [6.07, 6.45) is -0.0356. The first kappa shape index (κ1) is 15.6. The summed E-state index contributed by atoms with van der Waals surface area (Å²) in [6, 6.07) is 12.2. The number of fused-ring (bicyclic) bond motifs is 1. The first-order chi connectivity index (χ1) is 11.0. The first-order valence-electron chi connectivity index (χ1n) is 6.93.